The molecular formula is C17H18F2N4O. The molecule has 1 aliphatic heterocycles. The van der Waals surface area contributed by atoms with E-state index < -0.39 is 11.6 Å². The summed E-state index contributed by atoms with van der Waals surface area (Å²) in [6, 6.07) is 5.28. The standard InChI is InChI=1S/C17H18F2N4O/c18-11-3-4-16(13(19)7-11)23-6-5-12(9-23)20-17(24)15-8-14(21-22-15)10-1-2-10/h3-4,7-8,10,12H,1-2,5-6,9H2,(H,20,24)(H,21,22)/t12-/m1/s1. The summed E-state index contributed by atoms with van der Waals surface area (Å²) < 4.78 is 26.9. The first kappa shape index (κ1) is 15.1. The molecule has 7 heteroatoms. The van der Waals surface area contributed by atoms with Crippen molar-refractivity contribution in [3.63, 3.8) is 0 Å². The summed E-state index contributed by atoms with van der Waals surface area (Å²) in [5.74, 6) is -0.874. The van der Waals surface area contributed by atoms with Crippen LogP contribution in [-0.2, 0) is 0 Å². The molecule has 1 saturated carbocycles. The minimum absolute atomic E-state index is 0.0805. The maximum Gasteiger partial charge on any atom is 0.272 e. The molecule has 1 saturated heterocycles. The Labute approximate surface area is 138 Å². The van der Waals surface area contributed by atoms with Crippen LogP contribution in [-0.4, -0.2) is 35.2 Å². The van der Waals surface area contributed by atoms with Gasteiger partial charge in [-0.15, -0.1) is 0 Å². The van der Waals surface area contributed by atoms with Gasteiger partial charge in [-0.1, -0.05) is 0 Å². The molecule has 0 bridgehead atoms. The Morgan fingerprint density at radius 3 is 2.83 bits per heavy atom. The first-order valence-corrected chi connectivity index (χ1v) is 8.16. The van der Waals surface area contributed by atoms with Crippen molar-refractivity contribution >= 4 is 11.6 Å². The number of amides is 1. The Balaban J connectivity index is 1.38. The fourth-order valence-corrected chi connectivity index (χ4v) is 3.15. The van der Waals surface area contributed by atoms with Gasteiger partial charge in [0.15, 0.2) is 0 Å². The Hall–Kier alpha value is -2.44. The summed E-state index contributed by atoms with van der Waals surface area (Å²) in [6.07, 6.45) is 3.00. The minimum atomic E-state index is -0.592. The largest absolute Gasteiger partial charge is 0.367 e. The van der Waals surface area contributed by atoms with Crippen molar-refractivity contribution in [1.82, 2.24) is 15.5 Å². The predicted octanol–water partition coefficient (Wildman–Crippen LogP) is 2.57. The highest BCUT2D eigenvalue weighted by Crippen LogP contribution is 2.39. The first-order chi connectivity index (χ1) is 11.6. The lowest BCUT2D eigenvalue weighted by molar-refractivity contribution is 0.0935. The van der Waals surface area contributed by atoms with Gasteiger partial charge < -0.3 is 10.2 Å². The SMILES string of the molecule is O=C(N[C@@H]1CCN(c2ccc(F)cc2F)C1)c1cc(C2CC2)[nH]n1. The van der Waals surface area contributed by atoms with Crippen molar-refractivity contribution in [3.05, 3.63) is 47.3 Å². The molecule has 4 rings (SSSR count). The van der Waals surface area contributed by atoms with Crippen LogP contribution < -0.4 is 10.2 Å². The molecule has 0 radical (unpaired) electrons. The average molecular weight is 332 g/mol. The van der Waals surface area contributed by atoms with Crippen LogP contribution in [0.2, 0.25) is 0 Å². The molecule has 24 heavy (non-hydrogen) atoms. The second-order valence-corrected chi connectivity index (χ2v) is 6.48. The Kier molecular flexibility index (Phi) is 3.70. The van der Waals surface area contributed by atoms with Crippen molar-refractivity contribution in [2.24, 2.45) is 0 Å². The second-order valence-electron chi connectivity index (χ2n) is 6.48. The Morgan fingerprint density at radius 2 is 2.08 bits per heavy atom. The van der Waals surface area contributed by atoms with E-state index in [9.17, 15) is 13.6 Å². The number of H-pyrrole nitrogens is 1. The Bertz CT molecular complexity index is 772. The smallest absolute Gasteiger partial charge is 0.272 e. The van der Waals surface area contributed by atoms with Crippen LogP contribution in [0, 0.1) is 11.6 Å². The molecule has 126 valence electrons. The summed E-state index contributed by atoms with van der Waals surface area (Å²) in [4.78, 5) is 14.1. The summed E-state index contributed by atoms with van der Waals surface area (Å²) in [5.41, 5.74) is 1.77. The second kappa shape index (κ2) is 5.89. The van der Waals surface area contributed by atoms with Gasteiger partial charge in [-0.05, 0) is 37.5 Å². The van der Waals surface area contributed by atoms with Gasteiger partial charge in [-0.25, -0.2) is 8.78 Å². The number of nitrogens with one attached hydrogen (secondary N) is 2. The minimum Gasteiger partial charge on any atom is -0.367 e. The van der Waals surface area contributed by atoms with Crippen molar-refractivity contribution < 1.29 is 13.6 Å². The molecular weight excluding hydrogens is 314 g/mol. The Morgan fingerprint density at radius 1 is 1.25 bits per heavy atom. The zero-order chi connectivity index (χ0) is 16.7. The number of carbonyl (C=O) groups excluding carboxylic acids is 1. The van der Waals surface area contributed by atoms with Gasteiger partial charge in [0, 0.05) is 36.8 Å². The van der Waals surface area contributed by atoms with Crippen LogP contribution >= 0.6 is 0 Å². The normalized spacial score (nSPS) is 20.4. The fraction of sp³-hybridized carbons (Fsp3) is 0.412. The van der Waals surface area contributed by atoms with E-state index in [1.807, 2.05) is 4.90 Å². The topological polar surface area (TPSA) is 61.0 Å². The van der Waals surface area contributed by atoms with E-state index in [-0.39, 0.29) is 11.9 Å². The number of anilines is 1. The molecule has 1 aliphatic carbocycles. The highest BCUT2D eigenvalue weighted by molar-refractivity contribution is 5.92. The quantitative estimate of drug-likeness (QED) is 0.905. The molecule has 1 atom stereocenters. The number of aromatic nitrogens is 2. The molecule has 2 fully saturated rings. The number of hydrogen-bond acceptors (Lipinski definition) is 3. The summed E-state index contributed by atoms with van der Waals surface area (Å²) in [7, 11) is 0. The summed E-state index contributed by atoms with van der Waals surface area (Å²) in [5, 5.41) is 9.92. The number of rotatable bonds is 4. The van der Waals surface area contributed by atoms with Crippen LogP contribution in [0.1, 0.15) is 41.4 Å². The maximum atomic E-state index is 13.9. The van der Waals surface area contributed by atoms with E-state index in [4.69, 9.17) is 0 Å². The maximum absolute atomic E-state index is 13.9. The zero-order valence-electron chi connectivity index (χ0n) is 13.1. The van der Waals surface area contributed by atoms with Gasteiger partial charge in [0.1, 0.15) is 17.3 Å². The number of carbonyl (C=O) groups is 1. The molecule has 2 heterocycles. The number of benzene rings is 1. The van der Waals surface area contributed by atoms with Crippen LogP contribution in [0.4, 0.5) is 14.5 Å². The third kappa shape index (κ3) is 2.98. The third-order valence-corrected chi connectivity index (χ3v) is 4.62. The van der Waals surface area contributed by atoms with Crippen LogP contribution in [0.25, 0.3) is 0 Å². The fourth-order valence-electron chi connectivity index (χ4n) is 3.15. The van der Waals surface area contributed by atoms with E-state index in [0.717, 1.165) is 24.6 Å². The van der Waals surface area contributed by atoms with E-state index in [2.05, 4.69) is 15.5 Å². The van der Waals surface area contributed by atoms with E-state index >= 15 is 0 Å². The van der Waals surface area contributed by atoms with Crippen LogP contribution in [0.5, 0.6) is 0 Å². The molecule has 0 unspecified atom stereocenters. The number of aromatic amines is 1. The monoisotopic (exact) mass is 332 g/mol. The first-order valence-electron chi connectivity index (χ1n) is 8.16. The molecule has 2 N–H and O–H groups in total. The number of nitrogens with zero attached hydrogens (tertiary/aromatic N) is 2. The van der Waals surface area contributed by atoms with Gasteiger partial charge in [-0.2, -0.15) is 5.10 Å². The highest BCUT2D eigenvalue weighted by atomic mass is 19.1. The summed E-state index contributed by atoms with van der Waals surface area (Å²) >= 11 is 0. The van der Waals surface area contributed by atoms with Crippen molar-refractivity contribution in [1.29, 1.82) is 0 Å². The van der Waals surface area contributed by atoms with Gasteiger partial charge in [0.05, 0.1) is 5.69 Å². The van der Waals surface area contributed by atoms with Crippen molar-refractivity contribution in [2.75, 3.05) is 18.0 Å². The zero-order valence-corrected chi connectivity index (χ0v) is 13.1. The molecule has 2 aromatic rings. The van der Waals surface area contributed by atoms with Gasteiger partial charge >= 0.3 is 0 Å². The number of halogens is 2. The van der Waals surface area contributed by atoms with Crippen molar-refractivity contribution in [2.45, 2.75) is 31.2 Å². The molecule has 2 aliphatic rings. The van der Waals surface area contributed by atoms with Crippen LogP contribution in [0.3, 0.4) is 0 Å². The number of hydrogen-bond donors (Lipinski definition) is 2. The van der Waals surface area contributed by atoms with Crippen molar-refractivity contribution in [3.8, 4) is 0 Å². The molecule has 5 nitrogen and oxygen atoms in total. The third-order valence-electron chi connectivity index (χ3n) is 4.62. The average Bonchev–Trinajstić information content (AvgIpc) is 3.09. The predicted molar refractivity (Wildman–Crippen MR) is 85.0 cm³/mol. The van der Waals surface area contributed by atoms with Gasteiger partial charge in [0.2, 0.25) is 0 Å². The summed E-state index contributed by atoms with van der Waals surface area (Å²) in [6.45, 7) is 1.11. The van der Waals surface area contributed by atoms with Gasteiger partial charge in [0.25, 0.3) is 5.91 Å². The van der Waals surface area contributed by atoms with Crippen LogP contribution in [0.15, 0.2) is 24.3 Å². The van der Waals surface area contributed by atoms with E-state index in [1.165, 1.54) is 12.1 Å². The van der Waals surface area contributed by atoms with Gasteiger partial charge in [-0.3, -0.25) is 9.89 Å². The van der Waals surface area contributed by atoms with E-state index in [1.54, 1.807) is 6.07 Å². The molecule has 1 aromatic carbocycles. The lowest BCUT2D eigenvalue weighted by Gasteiger charge is -2.19. The molecule has 1 amide bonds. The highest BCUT2D eigenvalue weighted by Gasteiger charge is 2.29. The lowest BCUT2D eigenvalue weighted by Crippen LogP contribution is -2.37. The molecule has 0 spiro atoms. The van der Waals surface area contributed by atoms with E-state index in [0.29, 0.717) is 36.8 Å². The lowest BCUT2D eigenvalue weighted by atomic mass is 10.2. The molecule has 1 aromatic heterocycles.